The third-order valence-electron chi connectivity index (χ3n) is 5.16. The number of hydrazone groups is 1. The molecule has 0 fully saturated rings. The number of ketones is 1. The normalized spacial score (nSPS) is 19.2. The number of nitrogens with one attached hydrogen (secondary N) is 1. The number of rotatable bonds is 3. The molecule has 0 radical (unpaired) electrons. The van der Waals surface area contributed by atoms with Crippen molar-refractivity contribution in [3.8, 4) is 0 Å². The lowest BCUT2D eigenvalue weighted by Gasteiger charge is -2.31. The van der Waals surface area contributed by atoms with Gasteiger partial charge in [0.2, 0.25) is 0 Å². The molecule has 0 aliphatic carbocycles. The quantitative estimate of drug-likeness (QED) is 0.493. The van der Waals surface area contributed by atoms with Crippen LogP contribution >= 0.6 is 0 Å². The molecule has 9 heteroatoms. The summed E-state index contributed by atoms with van der Waals surface area (Å²) in [5.74, 6) is -2.95. The number of para-hydroxylation sites is 2. The molecule has 0 bridgehead atoms. The number of carbonyl (C=O) groups is 2. The van der Waals surface area contributed by atoms with Gasteiger partial charge < -0.3 is 5.32 Å². The molecule has 0 spiro atoms. The van der Waals surface area contributed by atoms with Crippen LogP contribution in [0.4, 0.5) is 11.4 Å². The van der Waals surface area contributed by atoms with Gasteiger partial charge in [-0.15, -0.1) is 4.40 Å². The first kappa shape index (κ1) is 19.8. The highest BCUT2D eigenvalue weighted by Gasteiger charge is 2.45. The summed E-state index contributed by atoms with van der Waals surface area (Å²) in [6, 6.07) is 21.9. The van der Waals surface area contributed by atoms with Crippen LogP contribution in [0.5, 0.6) is 0 Å². The Bertz CT molecular complexity index is 1410. The molecule has 2 aliphatic heterocycles. The topological polar surface area (TPSA) is 108 Å². The zero-order valence-electron chi connectivity index (χ0n) is 16.5. The summed E-state index contributed by atoms with van der Waals surface area (Å²) in [6.45, 7) is 0. The second-order valence-electron chi connectivity index (χ2n) is 7.19. The summed E-state index contributed by atoms with van der Waals surface area (Å²) in [5.41, 5.74) is 1.60. The molecule has 1 amide bonds. The zero-order valence-corrected chi connectivity index (χ0v) is 17.4. The van der Waals surface area contributed by atoms with Crippen LogP contribution in [0.25, 0.3) is 0 Å². The van der Waals surface area contributed by atoms with E-state index in [0.717, 1.165) is 10.6 Å². The summed E-state index contributed by atoms with van der Waals surface area (Å²) < 4.78 is 29.1. The van der Waals surface area contributed by atoms with Gasteiger partial charge in [0.15, 0.2) is 11.7 Å². The number of Topliss-reactive ketones (excluding diaryl/α,β-unsaturated/α-hetero) is 1. The van der Waals surface area contributed by atoms with E-state index in [2.05, 4.69) is 14.8 Å². The first-order valence-corrected chi connectivity index (χ1v) is 11.2. The van der Waals surface area contributed by atoms with Crippen LogP contribution in [-0.2, 0) is 14.8 Å². The van der Waals surface area contributed by atoms with E-state index in [-0.39, 0.29) is 22.0 Å². The molecule has 158 valence electrons. The third-order valence-corrected chi connectivity index (χ3v) is 6.51. The second-order valence-corrected chi connectivity index (χ2v) is 8.76. The Morgan fingerprint density at radius 1 is 0.906 bits per heavy atom. The highest BCUT2D eigenvalue weighted by molar-refractivity contribution is 7.90. The summed E-state index contributed by atoms with van der Waals surface area (Å²) in [7, 11) is -4.07. The maximum absolute atomic E-state index is 13.4. The van der Waals surface area contributed by atoms with Crippen molar-refractivity contribution in [1.82, 2.24) is 0 Å². The van der Waals surface area contributed by atoms with Crippen molar-refractivity contribution in [1.29, 1.82) is 0 Å². The molecule has 1 unspecified atom stereocenters. The van der Waals surface area contributed by atoms with Crippen LogP contribution in [0, 0.1) is 5.92 Å². The number of hydrogen-bond donors (Lipinski definition) is 1. The fourth-order valence-corrected chi connectivity index (χ4v) is 4.81. The molecule has 0 saturated heterocycles. The van der Waals surface area contributed by atoms with Crippen molar-refractivity contribution in [2.24, 2.45) is 15.4 Å². The Labute approximate surface area is 184 Å². The minimum atomic E-state index is -4.07. The van der Waals surface area contributed by atoms with E-state index in [1.54, 1.807) is 42.5 Å². The van der Waals surface area contributed by atoms with Gasteiger partial charge in [-0.05, 0) is 29.8 Å². The highest BCUT2D eigenvalue weighted by Crippen LogP contribution is 2.35. The number of amidine groups is 1. The summed E-state index contributed by atoms with van der Waals surface area (Å²) in [6.07, 6.45) is 1.50. The van der Waals surface area contributed by atoms with Gasteiger partial charge in [0.25, 0.3) is 15.9 Å². The zero-order chi connectivity index (χ0) is 22.3. The number of hydrogen-bond acceptors (Lipinski definition) is 6. The van der Waals surface area contributed by atoms with Gasteiger partial charge in [-0.2, -0.15) is 18.5 Å². The SMILES string of the molecule is O=C1c2ccccc2N(/N=C/c2ccccc2)C(=O)C1C1=NS(=O)(=O)c2ccccc2N1. The van der Waals surface area contributed by atoms with Crippen LogP contribution in [0.15, 0.2) is 93.3 Å². The molecule has 3 aromatic rings. The van der Waals surface area contributed by atoms with Crippen LogP contribution in [0.1, 0.15) is 15.9 Å². The van der Waals surface area contributed by atoms with Gasteiger partial charge in [0.1, 0.15) is 10.7 Å². The lowest BCUT2D eigenvalue weighted by molar-refractivity contribution is -0.119. The van der Waals surface area contributed by atoms with E-state index in [0.29, 0.717) is 5.69 Å². The lowest BCUT2D eigenvalue weighted by atomic mass is 9.90. The smallest absolute Gasteiger partial charge is 0.286 e. The molecule has 32 heavy (non-hydrogen) atoms. The van der Waals surface area contributed by atoms with E-state index < -0.39 is 27.6 Å². The maximum Gasteiger partial charge on any atom is 0.286 e. The van der Waals surface area contributed by atoms with Gasteiger partial charge in [0.05, 0.1) is 17.6 Å². The van der Waals surface area contributed by atoms with Crippen molar-refractivity contribution in [3.05, 3.63) is 90.0 Å². The molecule has 5 rings (SSSR count). The van der Waals surface area contributed by atoms with Gasteiger partial charge >= 0.3 is 0 Å². The van der Waals surface area contributed by atoms with Crippen molar-refractivity contribution in [2.75, 3.05) is 10.3 Å². The van der Waals surface area contributed by atoms with Crippen molar-refractivity contribution in [3.63, 3.8) is 0 Å². The van der Waals surface area contributed by atoms with E-state index in [1.807, 2.05) is 30.3 Å². The lowest BCUT2D eigenvalue weighted by Crippen LogP contribution is -2.48. The monoisotopic (exact) mass is 444 g/mol. The molecule has 8 nitrogen and oxygen atoms in total. The molecule has 3 aromatic carbocycles. The van der Waals surface area contributed by atoms with Crippen molar-refractivity contribution < 1.29 is 18.0 Å². The van der Waals surface area contributed by atoms with Gasteiger partial charge in [-0.25, -0.2) is 0 Å². The Morgan fingerprint density at radius 2 is 1.59 bits per heavy atom. The molecule has 2 heterocycles. The number of amides is 1. The van der Waals surface area contributed by atoms with E-state index in [9.17, 15) is 18.0 Å². The minimum Gasteiger partial charge on any atom is -0.341 e. The predicted octanol–water partition coefficient (Wildman–Crippen LogP) is 3.08. The number of sulfonamides is 1. The predicted molar refractivity (Wildman–Crippen MR) is 120 cm³/mol. The average molecular weight is 444 g/mol. The van der Waals surface area contributed by atoms with E-state index in [4.69, 9.17) is 0 Å². The first-order valence-electron chi connectivity index (χ1n) is 9.73. The van der Waals surface area contributed by atoms with Crippen LogP contribution in [-0.4, -0.2) is 32.2 Å². The Hall–Kier alpha value is -4.11. The van der Waals surface area contributed by atoms with Crippen LogP contribution < -0.4 is 10.3 Å². The summed E-state index contributed by atoms with van der Waals surface area (Å²) in [4.78, 5) is 26.7. The highest BCUT2D eigenvalue weighted by atomic mass is 32.2. The van der Waals surface area contributed by atoms with Crippen molar-refractivity contribution in [2.45, 2.75) is 4.90 Å². The van der Waals surface area contributed by atoms with Gasteiger partial charge in [-0.1, -0.05) is 54.6 Å². The van der Waals surface area contributed by atoms with E-state index in [1.165, 1.54) is 12.3 Å². The number of benzene rings is 3. The van der Waals surface area contributed by atoms with Crippen LogP contribution in [0.2, 0.25) is 0 Å². The first-order chi connectivity index (χ1) is 15.5. The van der Waals surface area contributed by atoms with E-state index >= 15 is 0 Å². The summed E-state index contributed by atoms with van der Waals surface area (Å²) >= 11 is 0. The Morgan fingerprint density at radius 3 is 2.41 bits per heavy atom. The number of fused-ring (bicyclic) bond motifs is 2. The second kappa shape index (κ2) is 7.54. The molecular weight excluding hydrogens is 428 g/mol. The number of nitrogens with zero attached hydrogens (tertiary/aromatic N) is 3. The molecule has 0 saturated carbocycles. The fourth-order valence-electron chi connectivity index (χ4n) is 3.66. The number of carbonyl (C=O) groups excluding carboxylic acids is 2. The van der Waals surface area contributed by atoms with Crippen molar-refractivity contribution >= 4 is 45.1 Å². The summed E-state index contributed by atoms with van der Waals surface area (Å²) in [5, 5.41) is 8.29. The fraction of sp³-hybridized carbons (Fsp3) is 0.0435. The maximum atomic E-state index is 13.4. The van der Waals surface area contributed by atoms with Gasteiger partial charge in [0, 0.05) is 5.56 Å². The minimum absolute atomic E-state index is 0.0150. The Balaban J connectivity index is 1.60. The molecule has 2 aliphatic rings. The largest absolute Gasteiger partial charge is 0.341 e. The van der Waals surface area contributed by atoms with Crippen LogP contribution in [0.3, 0.4) is 0 Å². The standard InChI is InChI=1S/C23H16N4O4S/c28-21-16-10-4-6-12-18(16)27(24-14-15-8-2-1-3-9-15)23(29)20(21)22-25-17-11-5-7-13-19(17)32(30,31)26-22/h1-14,20H,(H,25,26)/b24-14+. The third kappa shape index (κ3) is 3.28. The molecule has 0 aromatic heterocycles. The number of anilines is 2. The average Bonchev–Trinajstić information content (AvgIpc) is 2.79. The molecule has 1 N–H and O–H groups in total. The molecular formula is C23H16N4O4S. The Kier molecular flexibility index (Phi) is 4.67. The van der Waals surface area contributed by atoms with Gasteiger partial charge in [-0.3, -0.25) is 9.59 Å². The molecule has 1 atom stereocenters.